The van der Waals surface area contributed by atoms with Gasteiger partial charge in [-0.25, -0.2) is 0 Å². The molecule has 7 heteroatoms. The molecule has 0 saturated heterocycles. The van der Waals surface area contributed by atoms with Gasteiger partial charge in [0.15, 0.2) is 0 Å². The van der Waals surface area contributed by atoms with Crippen molar-refractivity contribution in [1.82, 2.24) is 0 Å². The molecule has 6 nitrogen and oxygen atoms in total. The Morgan fingerprint density at radius 1 is 1.27 bits per heavy atom. The van der Waals surface area contributed by atoms with Gasteiger partial charge in [0, 0.05) is 14.2 Å². The van der Waals surface area contributed by atoms with Gasteiger partial charge in [-0.15, -0.1) is 0 Å². The van der Waals surface area contributed by atoms with Crippen LogP contribution >= 0.6 is 0 Å². The molecule has 0 fully saturated rings. The van der Waals surface area contributed by atoms with Gasteiger partial charge in [-0.2, -0.15) is 0 Å². The zero-order valence-corrected chi connectivity index (χ0v) is 9.96. The molecule has 0 aromatic rings. The van der Waals surface area contributed by atoms with Crippen LogP contribution < -0.4 is 0 Å². The van der Waals surface area contributed by atoms with Crippen molar-refractivity contribution in [3.63, 3.8) is 0 Å². The van der Waals surface area contributed by atoms with Crippen molar-refractivity contribution in [3.8, 4) is 0 Å². The molecule has 0 aliphatic heterocycles. The predicted molar refractivity (Wildman–Crippen MR) is 54.0 cm³/mol. The van der Waals surface area contributed by atoms with Gasteiger partial charge in [-0.3, -0.25) is 9.59 Å². The lowest BCUT2D eigenvalue weighted by molar-refractivity contribution is -0.148. The Morgan fingerprint density at radius 2 is 1.80 bits per heavy atom. The standard InChI is InChI=1S/C8H16O6Si/c1-13-15(14-2)4-3-6(8(11)12)5-7(9)10/h6,15H,3-5H2,1-2H3,(H,9,10)(H,11,12). The fraction of sp³-hybridized carbons (Fsp3) is 0.750. The van der Waals surface area contributed by atoms with E-state index < -0.39 is 27.1 Å². The summed E-state index contributed by atoms with van der Waals surface area (Å²) < 4.78 is 10.0. The van der Waals surface area contributed by atoms with Crippen molar-refractivity contribution in [2.75, 3.05) is 14.2 Å². The average molecular weight is 236 g/mol. The fourth-order valence-electron chi connectivity index (χ4n) is 1.19. The van der Waals surface area contributed by atoms with E-state index in [2.05, 4.69) is 0 Å². The lowest BCUT2D eigenvalue weighted by Gasteiger charge is -2.13. The van der Waals surface area contributed by atoms with Gasteiger partial charge in [0.05, 0.1) is 12.3 Å². The quantitative estimate of drug-likeness (QED) is 0.579. The molecule has 0 aromatic carbocycles. The van der Waals surface area contributed by atoms with E-state index in [0.717, 1.165) is 0 Å². The molecule has 2 N–H and O–H groups in total. The summed E-state index contributed by atoms with van der Waals surface area (Å²) in [5.74, 6) is -3.05. The van der Waals surface area contributed by atoms with Crippen LogP contribution in [0.2, 0.25) is 6.04 Å². The highest BCUT2D eigenvalue weighted by molar-refractivity contribution is 6.44. The summed E-state index contributed by atoms with van der Waals surface area (Å²) >= 11 is 0. The Hall–Kier alpha value is -0.923. The second-order valence-electron chi connectivity index (χ2n) is 3.11. The predicted octanol–water partition coefficient (Wildman–Crippen LogP) is 0.0653. The first-order valence-corrected chi connectivity index (χ1v) is 6.27. The van der Waals surface area contributed by atoms with E-state index in [1.54, 1.807) is 0 Å². The summed E-state index contributed by atoms with van der Waals surface area (Å²) in [5, 5.41) is 17.2. The smallest absolute Gasteiger partial charge is 0.320 e. The zero-order valence-electron chi connectivity index (χ0n) is 8.80. The maximum absolute atomic E-state index is 10.7. The molecule has 88 valence electrons. The van der Waals surface area contributed by atoms with Crippen molar-refractivity contribution in [2.24, 2.45) is 5.92 Å². The van der Waals surface area contributed by atoms with Crippen molar-refractivity contribution in [2.45, 2.75) is 18.9 Å². The molecule has 0 heterocycles. The summed E-state index contributed by atoms with van der Waals surface area (Å²) in [4.78, 5) is 21.1. The van der Waals surface area contributed by atoms with Crippen LogP contribution in [-0.4, -0.2) is 45.7 Å². The largest absolute Gasteiger partial charge is 0.481 e. The van der Waals surface area contributed by atoms with E-state index in [0.29, 0.717) is 6.04 Å². The SMILES string of the molecule is CO[SiH](CCC(CC(=O)O)C(=O)O)OC. The van der Waals surface area contributed by atoms with Gasteiger partial charge in [-0.05, 0) is 12.5 Å². The Morgan fingerprint density at radius 3 is 2.13 bits per heavy atom. The topological polar surface area (TPSA) is 93.1 Å². The third-order valence-electron chi connectivity index (χ3n) is 2.05. The molecule has 15 heavy (non-hydrogen) atoms. The Kier molecular flexibility index (Phi) is 6.93. The molecule has 0 amide bonds. The van der Waals surface area contributed by atoms with E-state index >= 15 is 0 Å². The number of carboxylic acids is 2. The summed E-state index contributed by atoms with van der Waals surface area (Å²) in [6.45, 7) is 0. The zero-order chi connectivity index (χ0) is 11.8. The fourth-order valence-corrected chi connectivity index (χ4v) is 2.53. The highest BCUT2D eigenvalue weighted by atomic mass is 28.3. The first-order valence-electron chi connectivity index (χ1n) is 4.51. The molecule has 1 atom stereocenters. The average Bonchev–Trinajstić information content (AvgIpc) is 2.16. The number of carboxylic acid groups (broad SMARTS) is 2. The molecular weight excluding hydrogens is 220 g/mol. The minimum Gasteiger partial charge on any atom is -0.481 e. The van der Waals surface area contributed by atoms with Crippen LogP contribution in [0.3, 0.4) is 0 Å². The van der Waals surface area contributed by atoms with Crippen molar-refractivity contribution >= 4 is 21.2 Å². The lowest BCUT2D eigenvalue weighted by atomic mass is 10.0. The number of hydrogen-bond donors (Lipinski definition) is 2. The van der Waals surface area contributed by atoms with Gasteiger partial charge >= 0.3 is 21.2 Å². The van der Waals surface area contributed by atoms with Gasteiger partial charge in [0.2, 0.25) is 0 Å². The minimum absolute atomic E-state index is 0.278. The van der Waals surface area contributed by atoms with Crippen LogP contribution in [0.5, 0.6) is 0 Å². The number of rotatable bonds is 8. The second kappa shape index (κ2) is 7.38. The highest BCUT2D eigenvalue weighted by Crippen LogP contribution is 2.14. The Labute approximate surface area is 89.7 Å². The second-order valence-corrected chi connectivity index (χ2v) is 5.49. The van der Waals surface area contributed by atoms with Gasteiger partial charge in [-0.1, -0.05) is 0 Å². The first kappa shape index (κ1) is 14.1. The van der Waals surface area contributed by atoms with Crippen molar-refractivity contribution < 1.29 is 28.7 Å². The lowest BCUT2D eigenvalue weighted by Crippen LogP contribution is -2.23. The van der Waals surface area contributed by atoms with Crippen molar-refractivity contribution in [3.05, 3.63) is 0 Å². The summed E-state index contributed by atoms with van der Waals surface area (Å²) in [6.07, 6.45) is -0.0793. The Bertz CT molecular complexity index is 215. The first-order chi connectivity index (χ1) is 7.01. The van der Waals surface area contributed by atoms with Gasteiger partial charge in [0.1, 0.15) is 0 Å². The minimum atomic E-state index is -1.79. The molecule has 0 aliphatic rings. The number of hydrogen-bond acceptors (Lipinski definition) is 4. The molecule has 0 bridgehead atoms. The van der Waals surface area contributed by atoms with Crippen LogP contribution in [0.1, 0.15) is 12.8 Å². The number of carbonyl (C=O) groups is 2. The summed E-state index contributed by atoms with van der Waals surface area (Å²) in [5.41, 5.74) is 0. The molecule has 0 rings (SSSR count). The third-order valence-corrected chi connectivity index (χ3v) is 3.90. The molecular formula is C8H16O6Si. The summed E-state index contributed by atoms with van der Waals surface area (Å²) in [6, 6.07) is 0.497. The molecule has 0 saturated carbocycles. The van der Waals surface area contributed by atoms with Crippen LogP contribution in [0.25, 0.3) is 0 Å². The molecule has 0 aromatic heterocycles. The maximum atomic E-state index is 10.7. The van der Waals surface area contributed by atoms with Gasteiger partial charge in [0.25, 0.3) is 0 Å². The molecule has 1 unspecified atom stereocenters. The Balaban J connectivity index is 4.06. The van der Waals surface area contributed by atoms with E-state index in [9.17, 15) is 9.59 Å². The number of aliphatic carboxylic acids is 2. The maximum Gasteiger partial charge on any atom is 0.320 e. The van der Waals surface area contributed by atoms with E-state index in [1.165, 1.54) is 14.2 Å². The molecule has 0 radical (unpaired) electrons. The highest BCUT2D eigenvalue weighted by Gasteiger charge is 2.23. The van der Waals surface area contributed by atoms with Crippen LogP contribution in [0.15, 0.2) is 0 Å². The van der Waals surface area contributed by atoms with E-state index in [4.69, 9.17) is 19.1 Å². The normalized spacial score (nSPS) is 12.7. The van der Waals surface area contributed by atoms with Crippen LogP contribution in [-0.2, 0) is 18.4 Å². The monoisotopic (exact) mass is 236 g/mol. The van der Waals surface area contributed by atoms with Crippen LogP contribution in [0, 0.1) is 5.92 Å². The van der Waals surface area contributed by atoms with E-state index in [1.807, 2.05) is 0 Å². The summed E-state index contributed by atoms with van der Waals surface area (Å²) in [7, 11) is 1.22. The van der Waals surface area contributed by atoms with Gasteiger partial charge < -0.3 is 19.1 Å². The van der Waals surface area contributed by atoms with Crippen molar-refractivity contribution in [1.29, 1.82) is 0 Å². The van der Waals surface area contributed by atoms with Crippen LogP contribution in [0.4, 0.5) is 0 Å². The molecule has 0 aliphatic carbocycles. The third kappa shape index (κ3) is 6.21. The molecule has 0 spiro atoms. The van der Waals surface area contributed by atoms with E-state index in [-0.39, 0.29) is 12.8 Å².